The minimum Gasteiger partial charge on any atom is -0.657 e. The maximum atomic E-state index is 4.48. The van der Waals surface area contributed by atoms with Crippen LogP contribution in [0.25, 0.3) is 5.32 Å². The summed E-state index contributed by atoms with van der Waals surface area (Å²) < 4.78 is 0. The fourth-order valence-corrected chi connectivity index (χ4v) is 1.29. The van der Waals surface area contributed by atoms with Crippen molar-refractivity contribution in [2.75, 3.05) is 26.7 Å². The molecule has 1 heterocycles. The zero-order chi connectivity index (χ0) is 8.32. The molecule has 0 amide bonds. The van der Waals surface area contributed by atoms with Gasteiger partial charge in [0.05, 0.1) is 0 Å². The summed E-state index contributed by atoms with van der Waals surface area (Å²) in [5.41, 5.74) is 0.337. The van der Waals surface area contributed by atoms with E-state index in [1.165, 1.54) is 19.4 Å². The summed E-state index contributed by atoms with van der Waals surface area (Å²) in [6, 6.07) is 0. The van der Waals surface area contributed by atoms with Crippen molar-refractivity contribution < 1.29 is 51.4 Å². The van der Waals surface area contributed by atoms with Gasteiger partial charge in [0.25, 0.3) is 0 Å². The van der Waals surface area contributed by atoms with E-state index in [1.54, 1.807) is 0 Å². The Morgan fingerprint density at radius 1 is 1.50 bits per heavy atom. The fourth-order valence-electron chi connectivity index (χ4n) is 1.29. The van der Waals surface area contributed by atoms with Crippen LogP contribution in [0.15, 0.2) is 0 Å². The van der Waals surface area contributed by atoms with Gasteiger partial charge in [0.1, 0.15) is 0 Å². The van der Waals surface area contributed by atoms with Crippen molar-refractivity contribution >= 4 is 0 Å². The van der Waals surface area contributed by atoms with Gasteiger partial charge in [0.2, 0.25) is 0 Å². The molecule has 1 atom stereocenters. The van der Waals surface area contributed by atoms with Crippen molar-refractivity contribution in [2.45, 2.75) is 32.2 Å². The van der Waals surface area contributed by atoms with Crippen LogP contribution in [0.5, 0.6) is 0 Å². The summed E-state index contributed by atoms with van der Waals surface area (Å²) in [6.45, 7) is 7.89. The van der Waals surface area contributed by atoms with Gasteiger partial charge in [-0.2, -0.15) is 0 Å². The van der Waals surface area contributed by atoms with Crippen LogP contribution >= 0.6 is 0 Å². The second-order valence-electron chi connectivity index (χ2n) is 3.77. The first-order valence-electron chi connectivity index (χ1n) is 4.53. The van der Waals surface area contributed by atoms with Crippen molar-refractivity contribution in [1.29, 1.82) is 0 Å². The predicted molar refractivity (Wildman–Crippen MR) is 49.0 cm³/mol. The van der Waals surface area contributed by atoms with Gasteiger partial charge in [-0.3, -0.25) is 0 Å². The SMILES string of the molecule is CCN(C)CCC1(C)CC[N-]1.[K+]. The molecule has 0 bridgehead atoms. The Balaban J connectivity index is 0.00000121. The third-order valence-electron chi connectivity index (χ3n) is 2.72. The fraction of sp³-hybridized carbons (Fsp3) is 1.00. The summed E-state index contributed by atoms with van der Waals surface area (Å²) in [5.74, 6) is 0. The van der Waals surface area contributed by atoms with E-state index in [-0.39, 0.29) is 51.4 Å². The van der Waals surface area contributed by atoms with E-state index in [2.05, 4.69) is 31.1 Å². The maximum Gasteiger partial charge on any atom is 1.00 e. The van der Waals surface area contributed by atoms with Gasteiger partial charge in [-0.15, -0.1) is 12.1 Å². The molecule has 1 aliphatic heterocycles. The summed E-state index contributed by atoms with van der Waals surface area (Å²) in [4.78, 5) is 2.35. The zero-order valence-corrected chi connectivity index (χ0v) is 12.1. The van der Waals surface area contributed by atoms with Crippen LogP contribution in [0.4, 0.5) is 0 Å². The van der Waals surface area contributed by atoms with E-state index in [1.807, 2.05) is 0 Å². The minimum absolute atomic E-state index is 0. The molecule has 0 aliphatic carbocycles. The zero-order valence-electron chi connectivity index (χ0n) is 8.93. The Labute approximate surface area is 119 Å². The summed E-state index contributed by atoms with van der Waals surface area (Å²) in [6.07, 6.45) is 2.53. The number of hydrogen-bond acceptors (Lipinski definition) is 1. The Kier molecular flexibility index (Phi) is 6.91. The topological polar surface area (TPSA) is 17.3 Å². The average Bonchev–Trinajstić information content (AvgIpc) is 1.96. The largest absolute Gasteiger partial charge is 1.00 e. The average molecular weight is 194 g/mol. The van der Waals surface area contributed by atoms with E-state index in [9.17, 15) is 0 Å². The van der Waals surface area contributed by atoms with Gasteiger partial charge in [0.15, 0.2) is 0 Å². The third-order valence-corrected chi connectivity index (χ3v) is 2.72. The smallest absolute Gasteiger partial charge is 0.657 e. The van der Waals surface area contributed by atoms with Gasteiger partial charge >= 0.3 is 51.4 Å². The van der Waals surface area contributed by atoms with Crippen molar-refractivity contribution in [3.63, 3.8) is 0 Å². The molecule has 12 heavy (non-hydrogen) atoms. The molecule has 3 heteroatoms. The summed E-state index contributed by atoms with van der Waals surface area (Å²) in [5, 5.41) is 4.48. The van der Waals surface area contributed by atoms with Gasteiger partial charge in [-0.1, -0.05) is 26.7 Å². The van der Waals surface area contributed by atoms with Gasteiger partial charge in [-0.25, -0.2) is 0 Å². The van der Waals surface area contributed by atoms with Gasteiger partial charge in [0, 0.05) is 0 Å². The van der Waals surface area contributed by atoms with Crippen LogP contribution < -0.4 is 51.4 Å². The maximum absolute atomic E-state index is 4.48. The second kappa shape index (κ2) is 6.12. The number of nitrogens with zero attached hydrogens (tertiary/aromatic N) is 2. The molecular weight excluding hydrogens is 175 g/mol. The molecule has 0 spiro atoms. The Morgan fingerprint density at radius 2 is 2.08 bits per heavy atom. The van der Waals surface area contributed by atoms with E-state index >= 15 is 0 Å². The minimum atomic E-state index is 0. The van der Waals surface area contributed by atoms with Crippen molar-refractivity contribution in [1.82, 2.24) is 4.90 Å². The van der Waals surface area contributed by atoms with E-state index < -0.39 is 0 Å². The molecule has 66 valence electrons. The Bertz CT molecular complexity index is 124. The van der Waals surface area contributed by atoms with Crippen molar-refractivity contribution in [3.8, 4) is 0 Å². The van der Waals surface area contributed by atoms with E-state index in [0.717, 1.165) is 13.1 Å². The van der Waals surface area contributed by atoms with Crippen LogP contribution in [-0.2, 0) is 0 Å². The standard InChI is InChI=1S/C9H19N2.K/c1-4-11(3)8-6-9(2)5-7-10-9;/h4-8H2,1-3H3;/q-1;+1. The molecule has 1 aliphatic rings. The summed E-state index contributed by atoms with van der Waals surface area (Å²) >= 11 is 0. The molecule has 0 N–H and O–H groups in total. The van der Waals surface area contributed by atoms with Crippen molar-refractivity contribution in [3.05, 3.63) is 5.32 Å². The Hall–Kier alpha value is 1.56. The normalized spacial score (nSPS) is 28.0. The molecule has 0 aromatic carbocycles. The molecule has 1 saturated heterocycles. The van der Waals surface area contributed by atoms with Crippen LogP contribution in [0.2, 0.25) is 0 Å². The molecule has 1 fully saturated rings. The van der Waals surface area contributed by atoms with E-state index in [0.29, 0.717) is 5.54 Å². The molecular formula is C9H19KN2. The predicted octanol–water partition coefficient (Wildman–Crippen LogP) is -1.13. The molecule has 0 aromatic heterocycles. The molecule has 1 unspecified atom stereocenters. The second-order valence-corrected chi connectivity index (χ2v) is 3.77. The number of hydrogen-bond donors (Lipinski definition) is 0. The molecule has 0 aromatic rings. The molecule has 2 nitrogen and oxygen atoms in total. The van der Waals surface area contributed by atoms with Gasteiger partial charge < -0.3 is 10.2 Å². The Morgan fingerprint density at radius 3 is 2.42 bits per heavy atom. The van der Waals surface area contributed by atoms with Crippen LogP contribution in [0.1, 0.15) is 26.7 Å². The molecule has 0 radical (unpaired) electrons. The molecule has 1 rings (SSSR count). The van der Waals surface area contributed by atoms with Crippen LogP contribution in [0.3, 0.4) is 0 Å². The first kappa shape index (κ1) is 13.6. The summed E-state index contributed by atoms with van der Waals surface area (Å²) in [7, 11) is 2.17. The first-order valence-corrected chi connectivity index (χ1v) is 4.53. The van der Waals surface area contributed by atoms with Crippen LogP contribution in [0, 0.1) is 0 Å². The van der Waals surface area contributed by atoms with E-state index in [4.69, 9.17) is 0 Å². The monoisotopic (exact) mass is 194 g/mol. The number of rotatable bonds is 4. The first-order chi connectivity index (χ1) is 5.16. The molecule has 0 saturated carbocycles. The van der Waals surface area contributed by atoms with Crippen LogP contribution in [-0.4, -0.2) is 37.1 Å². The quantitative estimate of drug-likeness (QED) is 0.518. The van der Waals surface area contributed by atoms with Gasteiger partial charge in [-0.05, 0) is 20.1 Å². The van der Waals surface area contributed by atoms with Crippen molar-refractivity contribution in [2.24, 2.45) is 0 Å². The third kappa shape index (κ3) is 4.18.